The molecule has 1 aromatic heterocycles. The number of hydrogen-bond donors (Lipinski definition) is 2. The van der Waals surface area contributed by atoms with Crippen LogP contribution in [0.3, 0.4) is 0 Å². The molecule has 1 saturated heterocycles. The predicted molar refractivity (Wildman–Crippen MR) is 166 cm³/mol. The molecule has 11 nitrogen and oxygen atoms in total. The molecule has 1 fully saturated rings. The standard InChI is InChI=1S/C34H35N5O6/c1-3-43-26-15-24-16-27(17-26)45-25-11-7-8-22(14-25)21-44-30-12-13-39(19-29(30)36-31(40)20-38(2)33(24)41)34(42)28-18-35-37-32(28)23-9-5-4-6-10-23/h4-11,14-18,29-30H,3,12-13,19-21H2,1-2H3,(H,35,37)(H,36,40)/t29-,30+/m0/s1. The van der Waals surface area contributed by atoms with Crippen molar-refractivity contribution in [1.29, 1.82) is 0 Å². The lowest BCUT2D eigenvalue weighted by Gasteiger charge is -2.39. The van der Waals surface area contributed by atoms with E-state index in [0.29, 0.717) is 53.6 Å². The second kappa shape index (κ2) is 13.2. The third kappa shape index (κ3) is 6.83. The monoisotopic (exact) mass is 609 g/mol. The molecule has 2 atom stereocenters. The van der Waals surface area contributed by atoms with Gasteiger partial charge in [0.1, 0.15) is 17.2 Å². The van der Waals surface area contributed by atoms with Crippen molar-refractivity contribution >= 4 is 17.7 Å². The van der Waals surface area contributed by atoms with Gasteiger partial charge in [-0.3, -0.25) is 19.5 Å². The summed E-state index contributed by atoms with van der Waals surface area (Å²) in [5.41, 5.74) is 3.16. The summed E-state index contributed by atoms with van der Waals surface area (Å²) in [5, 5.41) is 10.1. The second-order valence-electron chi connectivity index (χ2n) is 11.1. The maximum absolute atomic E-state index is 13.7. The van der Waals surface area contributed by atoms with Crippen molar-refractivity contribution in [2.24, 2.45) is 0 Å². The molecule has 0 spiro atoms. The van der Waals surface area contributed by atoms with Crippen LogP contribution in [0, 0.1) is 0 Å². The Morgan fingerprint density at radius 3 is 2.69 bits per heavy atom. The number of ether oxygens (including phenoxy) is 3. The zero-order valence-electron chi connectivity index (χ0n) is 25.2. The Balaban J connectivity index is 1.26. The minimum absolute atomic E-state index is 0.190. The molecule has 45 heavy (non-hydrogen) atoms. The smallest absolute Gasteiger partial charge is 0.257 e. The number of nitrogens with zero attached hydrogens (tertiary/aromatic N) is 3. The summed E-state index contributed by atoms with van der Waals surface area (Å²) >= 11 is 0. The highest BCUT2D eigenvalue weighted by atomic mass is 16.5. The Kier molecular flexibility index (Phi) is 8.79. The van der Waals surface area contributed by atoms with Crippen molar-refractivity contribution in [3.63, 3.8) is 0 Å². The van der Waals surface area contributed by atoms with E-state index in [2.05, 4.69) is 15.5 Å². The predicted octanol–water partition coefficient (Wildman–Crippen LogP) is 4.27. The number of carbonyl (C=O) groups excluding carboxylic acids is 3. The van der Waals surface area contributed by atoms with Crippen LogP contribution in [0.4, 0.5) is 0 Å². The van der Waals surface area contributed by atoms with Gasteiger partial charge in [-0.1, -0.05) is 42.5 Å². The number of hydrogen-bond acceptors (Lipinski definition) is 7. The molecule has 2 aliphatic rings. The van der Waals surface area contributed by atoms with Crippen molar-refractivity contribution in [2.45, 2.75) is 32.1 Å². The molecule has 11 heteroatoms. The highest BCUT2D eigenvalue weighted by molar-refractivity contribution is 6.00. The number of benzene rings is 3. The lowest BCUT2D eigenvalue weighted by molar-refractivity contribution is -0.124. The van der Waals surface area contributed by atoms with E-state index in [9.17, 15) is 14.4 Å². The number of piperidine rings is 1. The Morgan fingerprint density at radius 2 is 1.87 bits per heavy atom. The summed E-state index contributed by atoms with van der Waals surface area (Å²) in [4.78, 5) is 43.6. The van der Waals surface area contributed by atoms with Crippen LogP contribution >= 0.6 is 0 Å². The first kappa shape index (κ1) is 29.9. The Morgan fingerprint density at radius 1 is 1.02 bits per heavy atom. The molecule has 2 N–H and O–H groups in total. The van der Waals surface area contributed by atoms with Crippen LogP contribution in [-0.2, 0) is 16.1 Å². The molecule has 3 aromatic carbocycles. The zero-order chi connectivity index (χ0) is 31.3. The first-order chi connectivity index (χ1) is 21.9. The fourth-order valence-corrected chi connectivity index (χ4v) is 5.70. The van der Waals surface area contributed by atoms with Gasteiger partial charge in [-0.05, 0) is 43.2 Å². The van der Waals surface area contributed by atoms with Crippen molar-refractivity contribution < 1.29 is 28.6 Å². The van der Waals surface area contributed by atoms with Gasteiger partial charge in [0.25, 0.3) is 11.8 Å². The van der Waals surface area contributed by atoms with Crippen LogP contribution in [0.2, 0.25) is 0 Å². The van der Waals surface area contributed by atoms with Gasteiger partial charge in [-0.2, -0.15) is 5.10 Å². The third-order valence-corrected chi connectivity index (χ3v) is 7.88. The van der Waals surface area contributed by atoms with Crippen LogP contribution in [-0.4, -0.2) is 83.2 Å². The van der Waals surface area contributed by atoms with E-state index in [1.807, 2.05) is 61.5 Å². The normalized spacial score (nSPS) is 18.9. The highest BCUT2D eigenvalue weighted by Crippen LogP contribution is 2.30. The highest BCUT2D eigenvalue weighted by Gasteiger charge is 2.35. The molecule has 0 radical (unpaired) electrons. The topological polar surface area (TPSA) is 126 Å². The van der Waals surface area contributed by atoms with E-state index in [4.69, 9.17) is 14.2 Å². The molecule has 0 aliphatic carbocycles. The zero-order valence-corrected chi connectivity index (χ0v) is 25.2. The first-order valence-electron chi connectivity index (χ1n) is 15.0. The fraction of sp³-hybridized carbons (Fsp3) is 0.294. The maximum Gasteiger partial charge on any atom is 0.257 e. The fourth-order valence-electron chi connectivity index (χ4n) is 5.70. The number of likely N-dealkylation sites (tertiary alicyclic amines) is 1. The summed E-state index contributed by atoms with van der Waals surface area (Å²) in [6.07, 6.45) is 1.67. The van der Waals surface area contributed by atoms with Crippen molar-refractivity contribution in [3.05, 3.63) is 95.7 Å². The molecule has 3 heterocycles. The summed E-state index contributed by atoms with van der Waals surface area (Å²) in [6, 6.07) is 21.6. The van der Waals surface area contributed by atoms with Crippen LogP contribution in [0.15, 0.2) is 79.0 Å². The number of rotatable bonds is 4. The molecule has 2 aliphatic heterocycles. The van der Waals surface area contributed by atoms with E-state index in [0.717, 1.165) is 11.1 Å². The van der Waals surface area contributed by atoms with Crippen molar-refractivity contribution in [2.75, 3.05) is 33.3 Å². The van der Waals surface area contributed by atoms with Crippen molar-refractivity contribution in [1.82, 2.24) is 25.3 Å². The molecular formula is C34H35N5O6. The van der Waals surface area contributed by atoms with Gasteiger partial charge >= 0.3 is 0 Å². The van der Waals surface area contributed by atoms with Gasteiger partial charge < -0.3 is 29.3 Å². The lowest BCUT2D eigenvalue weighted by Crippen LogP contribution is -2.58. The number of aromatic amines is 1. The molecule has 232 valence electrons. The molecule has 4 bridgehead atoms. The van der Waals surface area contributed by atoms with Crippen LogP contribution < -0.4 is 14.8 Å². The summed E-state index contributed by atoms with van der Waals surface area (Å²) in [5.74, 6) is 0.600. The van der Waals surface area contributed by atoms with Gasteiger partial charge in [-0.25, -0.2) is 0 Å². The van der Waals surface area contributed by atoms with E-state index < -0.39 is 6.04 Å². The molecule has 3 amide bonds. The molecular weight excluding hydrogens is 574 g/mol. The average Bonchev–Trinajstić information content (AvgIpc) is 3.54. The van der Waals surface area contributed by atoms with Crippen LogP contribution in [0.1, 0.15) is 39.6 Å². The Bertz CT molecular complexity index is 1690. The maximum atomic E-state index is 13.7. The van der Waals surface area contributed by atoms with Gasteiger partial charge in [0.05, 0.1) is 49.4 Å². The van der Waals surface area contributed by atoms with E-state index in [1.165, 1.54) is 11.1 Å². The Hall–Kier alpha value is -5.16. The minimum atomic E-state index is -0.508. The lowest BCUT2D eigenvalue weighted by atomic mass is 9.99. The van der Waals surface area contributed by atoms with Gasteiger partial charge in [0.15, 0.2) is 0 Å². The van der Waals surface area contributed by atoms with Gasteiger partial charge in [0, 0.05) is 37.3 Å². The SMILES string of the molecule is CCOc1cc2cc(c1)C(=O)N(C)CC(=O)N[C@H]1CN(C(=O)c3cn[nH]c3-c3ccccc3)CC[C@H]1OCc1cccc(c1)O2. The third-order valence-electron chi connectivity index (χ3n) is 7.88. The quantitative estimate of drug-likeness (QED) is 0.354. The number of fused-ring (bicyclic) bond motifs is 5. The summed E-state index contributed by atoms with van der Waals surface area (Å²) < 4.78 is 18.2. The number of H-pyrrole nitrogens is 1. The number of amides is 3. The number of carbonyl (C=O) groups is 3. The first-order valence-corrected chi connectivity index (χ1v) is 15.0. The van der Waals surface area contributed by atoms with E-state index >= 15 is 0 Å². The van der Waals surface area contributed by atoms with Gasteiger partial charge in [-0.15, -0.1) is 0 Å². The average molecular weight is 610 g/mol. The molecule has 4 aromatic rings. The van der Waals surface area contributed by atoms with E-state index in [1.54, 1.807) is 30.1 Å². The Labute approximate surface area is 261 Å². The van der Waals surface area contributed by atoms with Crippen LogP contribution in [0.25, 0.3) is 11.3 Å². The molecule has 0 unspecified atom stereocenters. The second-order valence-corrected chi connectivity index (χ2v) is 11.1. The van der Waals surface area contributed by atoms with Gasteiger partial charge in [0.2, 0.25) is 5.91 Å². The molecule has 0 saturated carbocycles. The largest absolute Gasteiger partial charge is 0.494 e. The molecule has 6 rings (SSSR count). The summed E-state index contributed by atoms with van der Waals surface area (Å²) in [6.45, 7) is 3.04. The minimum Gasteiger partial charge on any atom is -0.494 e. The number of nitrogens with one attached hydrogen (secondary N) is 2. The van der Waals surface area contributed by atoms with Crippen LogP contribution in [0.5, 0.6) is 17.2 Å². The van der Waals surface area contributed by atoms with Crippen molar-refractivity contribution in [3.8, 4) is 28.5 Å². The van der Waals surface area contributed by atoms with E-state index in [-0.39, 0.29) is 43.5 Å². The summed E-state index contributed by atoms with van der Waals surface area (Å²) in [7, 11) is 1.57. The number of likely N-dealkylation sites (N-methyl/N-ethyl adjacent to an activating group) is 1. The number of aromatic nitrogens is 2.